The number of carbonyl (C=O) groups excluding carboxylic acids is 1. The van der Waals surface area contributed by atoms with Gasteiger partial charge in [0, 0.05) is 27.9 Å². The number of furan rings is 1. The van der Waals surface area contributed by atoms with Crippen LogP contribution in [0.1, 0.15) is 29.5 Å². The van der Waals surface area contributed by atoms with Gasteiger partial charge in [0.2, 0.25) is 5.91 Å². The predicted molar refractivity (Wildman–Crippen MR) is 112 cm³/mol. The lowest BCUT2D eigenvalue weighted by Crippen LogP contribution is -2.29. The highest BCUT2D eigenvalue weighted by atomic mass is 19.1. The monoisotopic (exact) mass is 405 g/mol. The molecule has 152 valence electrons. The first-order valence-corrected chi connectivity index (χ1v) is 9.94. The van der Waals surface area contributed by atoms with Crippen LogP contribution >= 0.6 is 0 Å². The SMILES string of the molecule is Cc1c(CC(=O)NC2CC2)c(=O)oc2c(C)c3occ(-c4ccc(F)cc4)c3cc12. The van der Waals surface area contributed by atoms with Gasteiger partial charge >= 0.3 is 5.63 Å². The third kappa shape index (κ3) is 3.09. The Morgan fingerprint density at radius 2 is 1.83 bits per heavy atom. The lowest BCUT2D eigenvalue weighted by molar-refractivity contribution is -0.120. The average molecular weight is 405 g/mol. The third-order valence-electron chi connectivity index (χ3n) is 5.78. The minimum Gasteiger partial charge on any atom is -0.463 e. The molecule has 5 rings (SSSR count). The number of fused-ring (bicyclic) bond motifs is 2. The number of benzene rings is 2. The molecular formula is C24H20FNO4. The first-order chi connectivity index (χ1) is 14.4. The number of aryl methyl sites for hydroxylation is 2. The normalized spacial score (nSPS) is 13.8. The second-order valence-corrected chi connectivity index (χ2v) is 7.92. The van der Waals surface area contributed by atoms with E-state index in [1.165, 1.54) is 12.1 Å². The number of hydrogen-bond donors (Lipinski definition) is 1. The molecule has 6 heteroatoms. The second kappa shape index (κ2) is 6.83. The van der Waals surface area contributed by atoms with E-state index in [1.54, 1.807) is 18.4 Å². The van der Waals surface area contributed by atoms with Crippen LogP contribution in [0.4, 0.5) is 4.39 Å². The van der Waals surface area contributed by atoms with Crippen molar-refractivity contribution in [2.45, 2.75) is 39.2 Å². The van der Waals surface area contributed by atoms with Crippen molar-refractivity contribution in [1.29, 1.82) is 0 Å². The highest BCUT2D eigenvalue weighted by Crippen LogP contribution is 2.37. The van der Waals surface area contributed by atoms with E-state index >= 15 is 0 Å². The molecule has 0 aliphatic heterocycles. The Morgan fingerprint density at radius 1 is 1.10 bits per heavy atom. The van der Waals surface area contributed by atoms with Crippen LogP contribution in [0.2, 0.25) is 0 Å². The van der Waals surface area contributed by atoms with Gasteiger partial charge in [-0.1, -0.05) is 12.1 Å². The van der Waals surface area contributed by atoms with E-state index in [9.17, 15) is 14.0 Å². The summed E-state index contributed by atoms with van der Waals surface area (Å²) >= 11 is 0. The zero-order valence-electron chi connectivity index (χ0n) is 16.7. The summed E-state index contributed by atoms with van der Waals surface area (Å²) in [5, 5.41) is 4.52. The van der Waals surface area contributed by atoms with Crippen molar-refractivity contribution in [3.05, 3.63) is 69.5 Å². The van der Waals surface area contributed by atoms with Crippen LogP contribution < -0.4 is 10.9 Å². The first-order valence-electron chi connectivity index (χ1n) is 9.94. The van der Waals surface area contributed by atoms with Crippen molar-refractivity contribution < 1.29 is 18.0 Å². The molecule has 4 aromatic rings. The van der Waals surface area contributed by atoms with Crippen molar-refractivity contribution >= 4 is 27.8 Å². The lowest BCUT2D eigenvalue weighted by atomic mass is 9.97. The number of nitrogens with one attached hydrogen (secondary N) is 1. The molecule has 1 fully saturated rings. The maximum atomic E-state index is 13.3. The van der Waals surface area contributed by atoms with Crippen LogP contribution in [0.3, 0.4) is 0 Å². The van der Waals surface area contributed by atoms with Crippen LogP contribution in [0.5, 0.6) is 0 Å². The number of carbonyl (C=O) groups is 1. The van der Waals surface area contributed by atoms with Gasteiger partial charge in [-0.3, -0.25) is 4.79 Å². The summed E-state index contributed by atoms with van der Waals surface area (Å²) in [5.74, 6) is -0.472. The topological polar surface area (TPSA) is 72.5 Å². The van der Waals surface area contributed by atoms with Gasteiger partial charge in [-0.2, -0.15) is 0 Å². The van der Waals surface area contributed by atoms with E-state index in [0.717, 1.165) is 40.3 Å². The molecular weight excluding hydrogens is 385 g/mol. The smallest absolute Gasteiger partial charge is 0.340 e. The summed E-state index contributed by atoms with van der Waals surface area (Å²) in [5.41, 5.74) is 4.03. The van der Waals surface area contributed by atoms with Crippen molar-refractivity contribution in [1.82, 2.24) is 5.32 Å². The van der Waals surface area contributed by atoms with Gasteiger partial charge in [0.05, 0.1) is 18.2 Å². The zero-order valence-corrected chi connectivity index (χ0v) is 16.7. The Hall–Kier alpha value is -3.41. The van der Waals surface area contributed by atoms with E-state index < -0.39 is 5.63 Å². The van der Waals surface area contributed by atoms with Gasteiger partial charge in [-0.15, -0.1) is 0 Å². The van der Waals surface area contributed by atoms with Crippen LogP contribution in [0.15, 0.2) is 50.2 Å². The van der Waals surface area contributed by atoms with Crippen LogP contribution in [0.25, 0.3) is 33.1 Å². The predicted octanol–water partition coefficient (Wildman–Crippen LogP) is 4.78. The fourth-order valence-corrected chi connectivity index (χ4v) is 3.92. The third-order valence-corrected chi connectivity index (χ3v) is 5.78. The highest BCUT2D eigenvalue weighted by Gasteiger charge is 2.25. The van der Waals surface area contributed by atoms with E-state index in [2.05, 4.69) is 5.32 Å². The van der Waals surface area contributed by atoms with Gasteiger partial charge in [-0.25, -0.2) is 9.18 Å². The van der Waals surface area contributed by atoms with Gasteiger partial charge in [0.15, 0.2) is 0 Å². The molecule has 1 aliphatic rings. The Labute approximate surface area is 171 Å². The molecule has 1 N–H and O–H groups in total. The number of rotatable bonds is 4. The lowest BCUT2D eigenvalue weighted by Gasteiger charge is -2.10. The molecule has 0 unspecified atom stereocenters. The summed E-state index contributed by atoms with van der Waals surface area (Å²) in [6, 6.07) is 8.36. The molecule has 0 radical (unpaired) electrons. The van der Waals surface area contributed by atoms with E-state index in [4.69, 9.17) is 8.83 Å². The van der Waals surface area contributed by atoms with Crippen molar-refractivity contribution in [3.63, 3.8) is 0 Å². The van der Waals surface area contributed by atoms with E-state index in [-0.39, 0.29) is 24.2 Å². The van der Waals surface area contributed by atoms with E-state index in [0.29, 0.717) is 22.3 Å². The number of hydrogen-bond acceptors (Lipinski definition) is 4. The molecule has 0 saturated heterocycles. The fourth-order valence-electron chi connectivity index (χ4n) is 3.92. The maximum absolute atomic E-state index is 13.3. The molecule has 0 atom stereocenters. The second-order valence-electron chi connectivity index (χ2n) is 7.92. The summed E-state index contributed by atoms with van der Waals surface area (Å²) in [7, 11) is 0. The Bertz CT molecular complexity index is 1360. The van der Waals surface area contributed by atoms with Crippen molar-refractivity contribution in [2.75, 3.05) is 0 Å². The molecule has 2 aromatic heterocycles. The molecule has 2 heterocycles. The van der Waals surface area contributed by atoms with Crippen molar-refractivity contribution in [3.8, 4) is 11.1 Å². The van der Waals surface area contributed by atoms with Crippen LogP contribution in [-0.4, -0.2) is 11.9 Å². The molecule has 1 saturated carbocycles. The van der Waals surface area contributed by atoms with Gasteiger partial charge < -0.3 is 14.2 Å². The quantitative estimate of drug-likeness (QED) is 0.496. The fraction of sp³-hybridized carbons (Fsp3) is 0.250. The van der Waals surface area contributed by atoms with Gasteiger partial charge in [0.1, 0.15) is 17.0 Å². The summed E-state index contributed by atoms with van der Waals surface area (Å²) in [6.07, 6.45) is 3.59. The first kappa shape index (κ1) is 18.6. The molecule has 0 bridgehead atoms. The maximum Gasteiger partial charge on any atom is 0.340 e. The molecule has 5 nitrogen and oxygen atoms in total. The van der Waals surface area contributed by atoms with Crippen molar-refractivity contribution in [2.24, 2.45) is 0 Å². The van der Waals surface area contributed by atoms with Crippen LogP contribution in [-0.2, 0) is 11.2 Å². The molecule has 1 amide bonds. The molecule has 2 aromatic carbocycles. The standard InChI is InChI=1S/C24H20FNO4/c1-12-17-9-19-20(14-3-5-15(25)6-4-14)11-29-22(19)13(2)23(17)30-24(28)18(12)10-21(27)26-16-7-8-16/h3-6,9,11,16H,7-8,10H2,1-2H3,(H,26,27). The zero-order chi connectivity index (χ0) is 21.0. The Kier molecular flexibility index (Phi) is 4.24. The summed E-state index contributed by atoms with van der Waals surface area (Å²) in [4.78, 5) is 24.9. The minimum absolute atomic E-state index is 0.00605. The highest BCUT2D eigenvalue weighted by molar-refractivity contribution is 6.05. The molecule has 30 heavy (non-hydrogen) atoms. The average Bonchev–Trinajstić information content (AvgIpc) is 3.42. The summed E-state index contributed by atoms with van der Waals surface area (Å²) < 4.78 is 24.7. The Balaban J connectivity index is 1.68. The van der Waals surface area contributed by atoms with Gasteiger partial charge in [-0.05, 0) is 56.0 Å². The largest absolute Gasteiger partial charge is 0.463 e. The minimum atomic E-state index is -0.501. The number of halogens is 1. The van der Waals surface area contributed by atoms with Crippen LogP contribution in [0, 0.1) is 19.7 Å². The molecule has 0 spiro atoms. The summed E-state index contributed by atoms with van der Waals surface area (Å²) in [6.45, 7) is 3.67. The van der Waals surface area contributed by atoms with Gasteiger partial charge in [0.25, 0.3) is 0 Å². The number of amides is 1. The van der Waals surface area contributed by atoms with E-state index in [1.807, 2.05) is 19.9 Å². The Morgan fingerprint density at radius 3 is 2.53 bits per heavy atom. The molecule has 1 aliphatic carbocycles.